The molecule has 1 N–H and O–H groups in total. The largest absolute Gasteiger partial charge is 0.354 e. The van der Waals surface area contributed by atoms with Gasteiger partial charge >= 0.3 is 0 Å². The summed E-state index contributed by atoms with van der Waals surface area (Å²) in [7, 11) is -4.30. The Balaban J connectivity index is 1.81. The van der Waals surface area contributed by atoms with Gasteiger partial charge in [0.25, 0.3) is 10.0 Å². The first-order valence-corrected chi connectivity index (χ1v) is 16.2. The van der Waals surface area contributed by atoms with Crippen molar-refractivity contribution in [2.45, 2.75) is 37.2 Å². The normalized spacial score (nSPS) is 11.9. The van der Waals surface area contributed by atoms with Gasteiger partial charge in [0, 0.05) is 29.6 Å². The van der Waals surface area contributed by atoms with Crippen molar-refractivity contribution in [3.63, 3.8) is 0 Å². The monoisotopic (exact) mass is 655 g/mol. The number of benzene rings is 4. The third-order valence-electron chi connectivity index (χ3n) is 6.83. The van der Waals surface area contributed by atoms with Crippen LogP contribution in [0.4, 0.5) is 10.1 Å². The topological polar surface area (TPSA) is 86.8 Å². The van der Waals surface area contributed by atoms with Crippen LogP contribution >= 0.6 is 23.2 Å². The summed E-state index contributed by atoms with van der Waals surface area (Å²) in [5.41, 5.74) is 1.44. The van der Waals surface area contributed by atoms with E-state index < -0.39 is 40.2 Å². The predicted octanol–water partition coefficient (Wildman–Crippen LogP) is 6.49. The number of anilines is 1. The third kappa shape index (κ3) is 8.59. The lowest BCUT2D eigenvalue weighted by molar-refractivity contribution is -0.140. The van der Waals surface area contributed by atoms with Gasteiger partial charge in [-0.15, -0.1) is 0 Å². The van der Waals surface area contributed by atoms with Crippen molar-refractivity contribution in [1.29, 1.82) is 0 Å². The van der Waals surface area contributed by atoms with E-state index in [-0.39, 0.29) is 33.6 Å². The average molecular weight is 657 g/mol. The molecular formula is C33H32Cl2FN3O4S. The molecule has 0 unspecified atom stereocenters. The molecule has 0 aliphatic heterocycles. The van der Waals surface area contributed by atoms with E-state index in [1.807, 2.05) is 37.3 Å². The van der Waals surface area contributed by atoms with Crippen molar-refractivity contribution in [2.75, 3.05) is 17.4 Å². The van der Waals surface area contributed by atoms with Gasteiger partial charge in [0.05, 0.1) is 10.6 Å². The molecule has 44 heavy (non-hydrogen) atoms. The van der Waals surface area contributed by atoms with E-state index in [0.29, 0.717) is 18.5 Å². The number of sulfonamides is 1. The number of hydrogen-bond acceptors (Lipinski definition) is 4. The summed E-state index contributed by atoms with van der Waals surface area (Å²) in [6.45, 7) is 1.56. The fourth-order valence-electron chi connectivity index (χ4n) is 4.64. The molecule has 0 radical (unpaired) electrons. The van der Waals surface area contributed by atoms with Crippen LogP contribution in [0.3, 0.4) is 0 Å². The third-order valence-corrected chi connectivity index (χ3v) is 9.06. The zero-order chi connectivity index (χ0) is 31.7. The summed E-state index contributed by atoms with van der Waals surface area (Å²) in [6.07, 6.45) is 0.839. The number of carbonyl (C=O) groups excluding carboxylic acids is 2. The number of nitrogens with one attached hydrogen (secondary N) is 1. The summed E-state index contributed by atoms with van der Waals surface area (Å²) >= 11 is 12.5. The number of rotatable bonds is 13. The highest BCUT2D eigenvalue weighted by Gasteiger charge is 2.34. The molecule has 0 aliphatic rings. The van der Waals surface area contributed by atoms with Crippen LogP contribution in [0.2, 0.25) is 10.0 Å². The Morgan fingerprint density at radius 1 is 0.841 bits per heavy atom. The molecule has 11 heteroatoms. The van der Waals surface area contributed by atoms with Crippen LogP contribution in [-0.2, 0) is 32.6 Å². The van der Waals surface area contributed by atoms with Crippen LogP contribution in [-0.4, -0.2) is 44.3 Å². The molecule has 1 atom stereocenters. The molecule has 0 bridgehead atoms. The number of hydrogen-bond donors (Lipinski definition) is 1. The van der Waals surface area contributed by atoms with E-state index in [1.54, 1.807) is 18.2 Å². The second kappa shape index (κ2) is 15.2. The minimum Gasteiger partial charge on any atom is -0.354 e. The van der Waals surface area contributed by atoms with E-state index in [1.165, 1.54) is 59.5 Å². The lowest BCUT2D eigenvalue weighted by Crippen LogP contribution is -2.53. The first-order valence-electron chi connectivity index (χ1n) is 14.0. The molecule has 0 saturated heterocycles. The second-order valence-electron chi connectivity index (χ2n) is 10.1. The molecule has 4 aromatic rings. The van der Waals surface area contributed by atoms with E-state index in [9.17, 15) is 22.4 Å². The molecule has 0 heterocycles. The molecule has 0 spiro atoms. The smallest absolute Gasteiger partial charge is 0.264 e. The minimum atomic E-state index is -4.30. The fourth-order valence-corrected chi connectivity index (χ4v) is 6.57. The maximum absolute atomic E-state index is 14.4. The van der Waals surface area contributed by atoms with Crippen LogP contribution < -0.4 is 9.62 Å². The van der Waals surface area contributed by atoms with Crippen molar-refractivity contribution in [3.05, 3.63) is 130 Å². The summed E-state index contributed by atoms with van der Waals surface area (Å²) in [4.78, 5) is 29.3. The van der Waals surface area contributed by atoms with Crippen LogP contribution in [0.25, 0.3) is 0 Å². The highest BCUT2D eigenvalue weighted by molar-refractivity contribution is 7.92. The zero-order valence-corrected chi connectivity index (χ0v) is 26.3. The van der Waals surface area contributed by atoms with Crippen molar-refractivity contribution in [1.82, 2.24) is 10.2 Å². The molecule has 230 valence electrons. The van der Waals surface area contributed by atoms with Crippen molar-refractivity contribution < 1.29 is 22.4 Å². The quantitative estimate of drug-likeness (QED) is 0.178. The standard InChI is InChI=1S/C33H32Cl2FN3O4S/c1-2-17-37-33(41)31(18-24-9-5-3-6-10-24)38(22-25-13-15-28(36)16-14-25)32(40)23-39(29-20-26(34)19-27(35)21-29)44(42,43)30-11-7-4-8-12-30/h3-16,19-21,31H,2,17-18,22-23H2,1H3,(H,37,41)/t31-/m0/s1. The Hall–Kier alpha value is -3.92. The second-order valence-corrected chi connectivity index (χ2v) is 12.8. The van der Waals surface area contributed by atoms with Gasteiger partial charge < -0.3 is 10.2 Å². The van der Waals surface area contributed by atoms with Gasteiger partial charge in [-0.1, -0.05) is 90.8 Å². The fraction of sp³-hybridized carbons (Fsp3) is 0.212. The van der Waals surface area contributed by atoms with E-state index in [0.717, 1.165) is 9.87 Å². The summed E-state index contributed by atoms with van der Waals surface area (Å²) < 4.78 is 42.7. The minimum absolute atomic E-state index is 0.0458. The number of carbonyl (C=O) groups is 2. The van der Waals surface area contributed by atoms with Gasteiger partial charge in [-0.05, 0) is 60.0 Å². The van der Waals surface area contributed by atoms with Gasteiger partial charge in [-0.25, -0.2) is 12.8 Å². The summed E-state index contributed by atoms with van der Waals surface area (Å²) in [5, 5.41) is 3.24. The number of halogens is 3. The van der Waals surface area contributed by atoms with E-state index in [2.05, 4.69) is 5.32 Å². The zero-order valence-electron chi connectivity index (χ0n) is 24.0. The highest BCUT2D eigenvalue weighted by Crippen LogP contribution is 2.30. The molecular weight excluding hydrogens is 624 g/mol. The van der Waals surface area contributed by atoms with Gasteiger partial charge in [0.2, 0.25) is 11.8 Å². The van der Waals surface area contributed by atoms with Gasteiger partial charge in [0.15, 0.2) is 0 Å². The molecule has 0 saturated carbocycles. The predicted molar refractivity (Wildman–Crippen MR) is 172 cm³/mol. The molecule has 0 aliphatic carbocycles. The van der Waals surface area contributed by atoms with Gasteiger partial charge in [-0.2, -0.15) is 0 Å². The molecule has 2 amide bonds. The first kappa shape index (κ1) is 33.0. The SMILES string of the molecule is CCCNC(=O)[C@H](Cc1ccccc1)N(Cc1ccc(F)cc1)C(=O)CN(c1cc(Cl)cc(Cl)c1)S(=O)(=O)c1ccccc1. The van der Waals surface area contributed by atoms with Crippen LogP contribution in [0.5, 0.6) is 0 Å². The van der Waals surface area contributed by atoms with Gasteiger partial charge in [0.1, 0.15) is 18.4 Å². The first-order chi connectivity index (χ1) is 21.1. The molecule has 4 rings (SSSR count). The summed E-state index contributed by atoms with van der Waals surface area (Å²) in [5.74, 6) is -1.50. The Morgan fingerprint density at radius 3 is 2.02 bits per heavy atom. The van der Waals surface area contributed by atoms with Gasteiger partial charge in [-0.3, -0.25) is 13.9 Å². The molecule has 7 nitrogen and oxygen atoms in total. The summed E-state index contributed by atoms with van der Waals surface area (Å²) in [6, 6.07) is 25.7. The maximum atomic E-state index is 14.4. The van der Waals surface area contributed by atoms with Crippen molar-refractivity contribution in [2.24, 2.45) is 0 Å². The Labute approximate surface area is 267 Å². The maximum Gasteiger partial charge on any atom is 0.264 e. The lowest BCUT2D eigenvalue weighted by Gasteiger charge is -2.34. The number of amides is 2. The Bertz CT molecular complexity index is 1650. The lowest BCUT2D eigenvalue weighted by atomic mass is 10.0. The Morgan fingerprint density at radius 2 is 1.43 bits per heavy atom. The highest BCUT2D eigenvalue weighted by atomic mass is 35.5. The average Bonchev–Trinajstić information content (AvgIpc) is 3.01. The van der Waals surface area contributed by atoms with E-state index >= 15 is 0 Å². The molecule has 0 fully saturated rings. The van der Waals surface area contributed by atoms with Crippen LogP contribution in [0, 0.1) is 5.82 Å². The molecule has 0 aromatic heterocycles. The van der Waals surface area contributed by atoms with E-state index in [4.69, 9.17) is 23.2 Å². The number of nitrogens with zero attached hydrogens (tertiary/aromatic N) is 2. The molecule has 4 aromatic carbocycles. The van der Waals surface area contributed by atoms with Crippen molar-refractivity contribution in [3.8, 4) is 0 Å². The van der Waals surface area contributed by atoms with Crippen LogP contribution in [0.1, 0.15) is 24.5 Å². The van der Waals surface area contributed by atoms with Crippen LogP contribution in [0.15, 0.2) is 108 Å². The van der Waals surface area contributed by atoms with Crippen molar-refractivity contribution >= 4 is 50.7 Å². The Kier molecular flexibility index (Phi) is 11.4.